The Morgan fingerprint density at radius 2 is 1.16 bits per heavy atom. The largest absolute Gasteiger partial charge is 0.159 e. The molecule has 2 aromatic rings. The van der Waals surface area contributed by atoms with Crippen molar-refractivity contribution in [1.29, 1.82) is 0 Å². The van der Waals surface area contributed by atoms with Gasteiger partial charge in [-0.25, -0.2) is 0 Å². The fourth-order valence-electron chi connectivity index (χ4n) is 5.49. The topological polar surface area (TPSA) is 24.7 Å². The van der Waals surface area contributed by atoms with E-state index in [9.17, 15) is 0 Å². The van der Waals surface area contributed by atoms with Gasteiger partial charge in [-0.3, -0.25) is 0 Å². The first-order chi connectivity index (χ1) is 18.7. The van der Waals surface area contributed by atoms with Crippen LogP contribution in [0.4, 0.5) is 5.69 Å². The molecule has 2 nitrogen and oxygen atoms in total. The Balaban J connectivity index is 2.10. The number of rotatable bonds is 20. The summed E-state index contributed by atoms with van der Waals surface area (Å²) >= 11 is 0. The summed E-state index contributed by atoms with van der Waals surface area (Å²) < 4.78 is 0. The van der Waals surface area contributed by atoms with Crippen LogP contribution in [0.2, 0.25) is 0 Å². The van der Waals surface area contributed by atoms with Gasteiger partial charge in [0.05, 0.1) is 11.9 Å². The van der Waals surface area contributed by atoms with Crippen molar-refractivity contribution in [3.05, 3.63) is 69.9 Å². The zero-order valence-electron chi connectivity index (χ0n) is 25.5. The quantitative estimate of drug-likeness (QED) is 0.123. The minimum absolute atomic E-state index is 0.978. The number of azo groups is 1. The van der Waals surface area contributed by atoms with Crippen molar-refractivity contribution in [3.8, 4) is 0 Å². The third-order valence-electron chi connectivity index (χ3n) is 7.79. The number of unbranched alkanes of at least 4 members (excludes halogenated alkanes) is 9. The Kier molecular flexibility index (Phi) is 16.7. The van der Waals surface area contributed by atoms with Crippen LogP contribution in [0.5, 0.6) is 0 Å². The van der Waals surface area contributed by atoms with E-state index in [1.807, 2.05) is 6.20 Å². The lowest BCUT2D eigenvalue weighted by Gasteiger charge is -2.14. The molecule has 0 spiro atoms. The first kappa shape index (κ1) is 32.0. The summed E-state index contributed by atoms with van der Waals surface area (Å²) in [5, 5.41) is 9.04. The van der Waals surface area contributed by atoms with Gasteiger partial charge in [0.2, 0.25) is 0 Å². The average Bonchev–Trinajstić information content (AvgIpc) is 2.94. The van der Waals surface area contributed by atoms with Crippen molar-refractivity contribution in [2.75, 3.05) is 0 Å². The zero-order valence-corrected chi connectivity index (χ0v) is 25.5. The standard InChI is InChI=1S/C36H56N2/c1-6-11-14-16-17-19-21-32-23-24-35(29-33(32)22-18-15-12-7-2)38-37-26-25-30-27-31(9-4)36(10-5)34(28-30)20-13-8-3/h23-29H,6-22H2,1-5H3. The lowest BCUT2D eigenvalue weighted by Crippen LogP contribution is -2.00. The molecular weight excluding hydrogens is 460 g/mol. The molecule has 0 aliphatic heterocycles. The highest BCUT2D eigenvalue weighted by molar-refractivity contribution is 5.54. The summed E-state index contributed by atoms with van der Waals surface area (Å²) in [7, 11) is 0. The van der Waals surface area contributed by atoms with E-state index < -0.39 is 0 Å². The van der Waals surface area contributed by atoms with Crippen LogP contribution in [-0.2, 0) is 32.1 Å². The van der Waals surface area contributed by atoms with Gasteiger partial charge in [0.25, 0.3) is 0 Å². The fraction of sp³-hybridized carbons (Fsp3) is 0.611. The molecule has 0 unspecified atom stereocenters. The summed E-state index contributed by atoms with van der Waals surface area (Å²) in [5.74, 6) is 0. The predicted octanol–water partition coefficient (Wildman–Crippen LogP) is 11.9. The molecule has 210 valence electrons. The van der Waals surface area contributed by atoms with Gasteiger partial charge in [0.1, 0.15) is 0 Å². The minimum Gasteiger partial charge on any atom is -0.159 e. The van der Waals surface area contributed by atoms with E-state index >= 15 is 0 Å². The van der Waals surface area contributed by atoms with Crippen molar-refractivity contribution in [2.24, 2.45) is 10.2 Å². The fourth-order valence-corrected chi connectivity index (χ4v) is 5.49. The molecular formula is C36H56N2. The molecule has 2 aromatic carbocycles. The van der Waals surface area contributed by atoms with Crippen molar-refractivity contribution in [1.82, 2.24) is 0 Å². The summed E-state index contributed by atoms with van der Waals surface area (Å²) in [6.07, 6.45) is 25.5. The van der Waals surface area contributed by atoms with E-state index in [-0.39, 0.29) is 0 Å². The molecule has 0 aromatic heterocycles. The van der Waals surface area contributed by atoms with E-state index in [1.54, 1.807) is 5.56 Å². The lowest BCUT2D eigenvalue weighted by molar-refractivity contribution is 0.605. The van der Waals surface area contributed by atoms with Crippen molar-refractivity contribution >= 4 is 11.8 Å². The highest BCUT2D eigenvalue weighted by atomic mass is 15.1. The Hall–Kier alpha value is -2.22. The van der Waals surface area contributed by atoms with Crippen LogP contribution >= 0.6 is 0 Å². The Morgan fingerprint density at radius 3 is 1.84 bits per heavy atom. The molecule has 2 rings (SSSR count). The Morgan fingerprint density at radius 1 is 0.553 bits per heavy atom. The second kappa shape index (κ2) is 19.8. The number of hydrogen-bond acceptors (Lipinski definition) is 2. The van der Waals surface area contributed by atoms with Crippen molar-refractivity contribution in [3.63, 3.8) is 0 Å². The molecule has 0 aliphatic carbocycles. The number of nitrogens with zero attached hydrogens (tertiary/aromatic N) is 2. The van der Waals surface area contributed by atoms with Gasteiger partial charge in [-0.1, -0.05) is 111 Å². The van der Waals surface area contributed by atoms with Gasteiger partial charge < -0.3 is 0 Å². The zero-order chi connectivity index (χ0) is 27.4. The van der Waals surface area contributed by atoms with Gasteiger partial charge in [-0.05, 0) is 103 Å². The molecule has 0 radical (unpaired) electrons. The van der Waals surface area contributed by atoms with Gasteiger partial charge in [0.15, 0.2) is 0 Å². The van der Waals surface area contributed by atoms with Crippen molar-refractivity contribution < 1.29 is 0 Å². The normalized spacial score (nSPS) is 11.8. The number of aryl methyl sites for hydroxylation is 4. The monoisotopic (exact) mass is 516 g/mol. The summed E-state index contributed by atoms with van der Waals surface area (Å²) in [6.45, 7) is 11.4. The van der Waals surface area contributed by atoms with Gasteiger partial charge in [-0.2, -0.15) is 10.2 Å². The molecule has 0 heterocycles. The van der Waals surface area contributed by atoms with Crippen LogP contribution in [-0.4, -0.2) is 0 Å². The molecule has 0 atom stereocenters. The first-order valence-corrected chi connectivity index (χ1v) is 16.0. The average molecular weight is 517 g/mol. The van der Waals surface area contributed by atoms with Crippen LogP contribution < -0.4 is 0 Å². The third kappa shape index (κ3) is 11.7. The minimum atomic E-state index is 0.978. The Bertz CT molecular complexity index is 970. The molecule has 0 N–H and O–H groups in total. The van der Waals surface area contributed by atoms with E-state index in [1.165, 1.54) is 118 Å². The summed E-state index contributed by atoms with van der Waals surface area (Å²) in [5.41, 5.74) is 9.77. The van der Waals surface area contributed by atoms with Crippen LogP contribution in [0.15, 0.2) is 46.8 Å². The molecule has 2 heteroatoms. The summed E-state index contributed by atoms with van der Waals surface area (Å²) in [4.78, 5) is 0. The lowest BCUT2D eigenvalue weighted by atomic mass is 9.91. The van der Waals surface area contributed by atoms with Gasteiger partial charge in [-0.15, -0.1) is 0 Å². The van der Waals surface area contributed by atoms with Crippen LogP contribution in [0.1, 0.15) is 145 Å². The van der Waals surface area contributed by atoms with Crippen LogP contribution in [0.3, 0.4) is 0 Å². The number of benzene rings is 2. The molecule has 0 fully saturated rings. The molecule has 38 heavy (non-hydrogen) atoms. The molecule has 0 saturated heterocycles. The number of hydrogen-bond donors (Lipinski definition) is 0. The molecule has 0 saturated carbocycles. The van der Waals surface area contributed by atoms with Crippen molar-refractivity contribution in [2.45, 2.75) is 144 Å². The smallest absolute Gasteiger partial charge is 0.0859 e. The van der Waals surface area contributed by atoms with E-state index in [0.717, 1.165) is 24.9 Å². The highest BCUT2D eigenvalue weighted by Gasteiger charge is 2.08. The SMILES string of the molecule is CCCCCCCCc1ccc(N=NC=Cc2cc(CC)c(CC)c(CCCC)c2)cc1CCCCCC. The highest BCUT2D eigenvalue weighted by Crippen LogP contribution is 2.25. The maximum absolute atomic E-state index is 4.58. The second-order valence-corrected chi connectivity index (χ2v) is 10.9. The first-order valence-electron chi connectivity index (χ1n) is 16.0. The predicted molar refractivity (Wildman–Crippen MR) is 169 cm³/mol. The van der Waals surface area contributed by atoms with E-state index in [0.29, 0.717) is 0 Å². The summed E-state index contributed by atoms with van der Waals surface area (Å²) in [6, 6.07) is 11.5. The maximum Gasteiger partial charge on any atom is 0.0859 e. The van der Waals surface area contributed by atoms with Crippen LogP contribution in [0.25, 0.3) is 6.08 Å². The van der Waals surface area contributed by atoms with E-state index in [4.69, 9.17) is 0 Å². The van der Waals surface area contributed by atoms with E-state index in [2.05, 4.69) is 81.3 Å². The second-order valence-electron chi connectivity index (χ2n) is 10.9. The van der Waals surface area contributed by atoms with Gasteiger partial charge >= 0.3 is 0 Å². The Labute approximate surface area is 235 Å². The van der Waals surface area contributed by atoms with Crippen LogP contribution in [0, 0.1) is 0 Å². The third-order valence-corrected chi connectivity index (χ3v) is 7.79. The van der Waals surface area contributed by atoms with Gasteiger partial charge in [0, 0.05) is 0 Å². The molecule has 0 amide bonds. The maximum atomic E-state index is 4.58. The molecule has 0 aliphatic rings. The molecule has 0 bridgehead atoms.